The summed E-state index contributed by atoms with van der Waals surface area (Å²) in [4.78, 5) is 22.0. The minimum absolute atomic E-state index is 0.103. The van der Waals surface area contributed by atoms with E-state index in [0.717, 1.165) is 32.0 Å². The predicted octanol–water partition coefficient (Wildman–Crippen LogP) is 3.05. The Labute approximate surface area is 104 Å². The average molecular weight is 243 g/mol. The van der Waals surface area contributed by atoms with Crippen molar-refractivity contribution in [2.45, 2.75) is 71.4 Å². The molecule has 0 unspecified atom stereocenters. The van der Waals surface area contributed by atoms with Crippen molar-refractivity contribution in [1.29, 1.82) is 0 Å². The number of rotatable bonds is 7. The largest absolute Gasteiger partial charge is 0.444 e. The van der Waals surface area contributed by atoms with E-state index in [1.807, 2.05) is 20.8 Å². The highest BCUT2D eigenvalue weighted by Crippen LogP contribution is 2.09. The summed E-state index contributed by atoms with van der Waals surface area (Å²) >= 11 is 0. The van der Waals surface area contributed by atoms with Gasteiger partial charge in [-0.2, -0.15) is 0 Å². The molecule has 0 heterocycles. The fraction of sp³-hybridized carbons (Fsp3) is 0.846. The third kappa shape index (κ3) is 9.85. The number of carbonyl (C=O) groups excluding carboxylic acids is 2. The second kappa shape index (κ2) is 8.09. The fourth-order valence-electron chi connectivity index (χ4n) is 1.48. The molecule has 0 aliphatic rings. The summed E-state index contributed by atoms with van der Waals surface area (Å²) in [6.45, 7) is 7.57. The molecule has 100 valence electrons. The first-order valence-electron chi connectivity index (χ1n) is 6.32. The molecule has 0 aromatic heterocycles. The molecule has 0 bridgehead atoms. The quantitative estimate of drug-likeness (QED) is 0.552. The predicted molar refractivity (Wildman–Crippen MR) is 68.0 cm³/mol. The molecule has 0 rings (SSSR count). The Bertz CT molecular complexity index is 233. The minimum atomic E-state index is -0.501. The van der Waals surface area contributed by atoms with Crippen LogP contribution in [0, 0.1) is 0 Å². The monoisotopic (exact) mass is 243 g/mol. The van der Waals surface area contributed by atoms with Crippen LogP contribution in [0.15, 0.2) is 0 Å². The number of aldehydes is 1. The molecular formula is C13H25NO3. The lowest BCUT2D eigenvalue weighted by molar-refractivity contribution is -0.108. The normalized spacial score (nSPS) is 12.9. The molecule has 0 aliphatic heterocycles. The van der Waals surface area contributed by atoms with Crippen LogP contribution in [0.2, 0.25) is 0 Å². The highest BCUT2D eigenvalue weighted by atomic mass is 16.6. The van der Waals surface area contributed by atoms with E-state index < -0.39 is 11.7 Å². The molecule has 1 N–H and O–H groups in total. The molecule has 1 amide bonds. The van der Waals surface area contributed by atoms with Crippen LogP contribution < -0.4 is 5.32 Å². The summed E-state index contributed by atoms with van der Waals surface area (Å²) in [5.41, 5.74) is -0.501. The maximum absolute atomic E-state index is 11.5. The number of hydrogen-bond donors (Lipinski definition) is 1. The zero-order valence-electron chi connectivity index (χ0n) is 11.4. The van der Waals surface area contributed by atoms with E-state index in [1.54, 1.807) is 0 Å². The van der Waals surface area contributed by atoms with Crippen LogP contribution in [-0.4, -0.2) is 24.0 Å². The molecule has 0 aromatic carbocycles. The van der Waals surface area contributed by atoms with Crippen molar-refractivity contribution < 1.29 is 14.3 Å². The molecule has 1 atom stereocenters. The summed E-state index contributed by atoms with van der Waals surface area (Å²) in [5, 5.41) is 2.74. The number of ether oxygens (including phenoxy) is 1. The maximum atomic E-state index is 11.5. The third-order valence-electron chi connectivity index (χ3n) is 2.26. The van der Waals surface area contributed by atoms with Gasteiger partial charge in [-0.15, -0.1) is 0 Å². The first kappa shape index (κ1) is 15.9. The Hall–Kier alpha value is -1.06. The number of nitrogens with one attached hydrogen (secondary N) is 1. The Morgan fingerprint density at radius 2 is 2.00 bits per heavy atom. The van der Waals surface area contributed by atoms with Crippen LogP contribution >= 0.6 is 0 Å². The lowest BCUT2D eigenvalue weighted by Crippen LogP contribution is -2.39. The van der Waals surface area contributed by atoms with Crippen molar-refractivity contribution in [2.24, 2.45) is 0 Å². The zero-order valence-corrected chi connectivity index (χ0v) is 11.4. The molecule has 17 heavy (non-hydrogen) atoms. The Morgan fingerprint density at radius 1 is 1.35 bits per heavy atom. The standard InChI is InChI=1S/C13H25NO3/c1-5-6-7-8-11(9-10-15)14-12(16)17-13(2,3)4/h10-11H,5-9H2,1-4H3,(H,14,16)/t11-/m1/s1. The summed E-state index contributed by atoms with van der Waals surface area (Å²) in [6, 6.07) is -0.103. The minimum Gasteiger partial charge on any atom is -0.444 e. The number of carbonyl (C=O) groups is 2. The van der Waals surface area contributed by atoms with E-state index in [1.165, 1.54) is 0 Å². The van der Waals surface area contributed by atoms with Gasteiger partial charge in [0.2, 0.25) is 0 Å². The van der Waals surface area contributed by atoms with Gasteiger partial charge in [0.05, 0.1) is 0 Å². The number of alkyl carbamates (subject to hydrolysis) is 1. The lowest BCUT2D eigenvalue weighted by Gasteiger charge is -2.22. The van der Waals surface area contributed by atoms with Crippen LogP contribution in [0.1, 0.15) is 59.8 Å². The van der Waals surface area contributed by atoms with Gasteiger partial charge in [0.25, 0.3) is 0 Å². The molecule has 4 nitrogen and oxygen atoms in total. The van der Waals surface area contributed by atoms with E-state index in [2.05, 4.69) is 12.2 Å². The topological polar surface area (TPSA) is 55.4 Å². The van der Waals surface area contributed by atoms with Crippen molar-refractivity contribution in [3.8, 4) is 0 Å². The molecule has 4 heteroatoms. The van der Waals surface area contributed by atoms with Gasteiger partial charge >= 0.3 is 6.09 Å². The van der Waals surface area contributed by atoms with Crippen LogP contribution in [-0.2, 0) is 9.53 Å². The number of hydrogen-bond acceptors (Lipinski definition) is 3. The van der Waals surface area contributed by atoms with Gasteiger partial charge < -0.3 is 14.8 Å². The zero-order chi connectivity index (χ0) is 13.3. The van der Waals surface area contributed by atoms with Gasteiger partial charge in [-0.05, 0) is 27.2 Å². The van der Waals surface area contributed by atoms with E-state index in [9.17, 15) is 9.59 Å². The van der Waals surface area contributed by atoms with Crippen molar-refractivity contribution >= 4 is 12.4 Å². The van der Waals surface area contributed by atoms with Crippen LogP contribution in [0.3, 0.4) is 0 Å². The second-order valence-electron chi connectivity index (χ2n) is 5.24. The molecule has 0 radical (unpaired) electrons. The SMILES string of the molecule is CCCCC[C@H](CC=O)NC(=O)OC(C)(C)C. The van der Waals surface area contributed by atoms with Crippen LogP contribution in [0.25, 0.3) is 0 Å². The fourth-order valence-corrected chi connectivity index (χ4v) is 1.48. The first-order chi connectivity index (χ1) is 7.89. The van der Waals surface area contributed by atoms with Gasteiger partial charge in [0.15, 0.2) is 0 Å². The van der Waals surface area contributed by atoms with Gasteiger partial charge in [0.1, 0.15) is 11.9 Å². The number of unbranched alkanes of at least 4 members (excludes halogenated alkanes) is 2. The molecule has 0 aliphatic carbocycles. The van der Waals surface area contributed by atoms with E-state index in [-0.39, 0.29) is 6.04 Å². The molecule has 0 spiro atoms. The van der Waals surface area contributed by atoms with E-state index in [0.29, 0.717) is 6.42 Å². The van der Waals surface area contributed by atoms with E-state index >= 15 is 0 Å². The van der Waals surface area contributed by atoms with Crippen molar-refractivity contribution in [2.75, 3.05) is 0 Å². The molecule has 0 saturated carbocycles. The Morgan fingerprint density at radius 3 is 2.47 bits per heavy atom. The van der Waals surface area contributed by atoms with Gasteiger partial charge in [0, 0.05) is 12.5 Å². The molecule has 0 saturated heterocycles. The Balaban J connectivity index is 4.05. The maximum Gasteiger partial charge on any atom is 0.407 e. The van der Waals surface area contributed by atoms with Crippen LogP contribution in [0.5, 0.6) is 0 Å². The summed E-state index contributed by atoms with van der Waals surface area (Å²) < 4.78 is 5.15. The first-order valence-corrected chi connectivity index (χ1v) is 6.32. The number of amides is 1. The van der Waals surface area contributed by atoms with Gasteiger partial charge in [-0.1, -0.05) is 26.2 Å². The summed E-state index contributed by atoms with van der Waals surface area (Å²) in [5.74, 6) is 0. The highest BCUT2D eigenvalue weighted by molar-refractivity contribution is 5.68. The third-order valence-corrected chi connectivity index (χ3v) is 2.26. The molecule has 0 aromatic rings. The van der Waals surface area contributed by atoms with Crippen LogP contribution in [0.4, 0.5) is 4.79 Å². The molecular weight excluding hydrogens is 218 g/mol. The lowest BCUT2D eigenvalue weighted by atomic mass is 10.1. The second-order valence-corrected chi connectivity index (χ2v) is 5.24. The van der Waals surface area contributed by atoms with E-state index in [4.69, 9.17) is 4.74 Å². The average Bonchev–Trinajstić information content (AvgIpc) is 2.15. The summed E-state index contributed by atoms with van der Waals surface area (Å²) in [6.07, 6.45) is 4.83. The van der Waals surface area contributed by atoms with Gasteiger partial charge in [-0.25, -0.2) is 4.79 Å². The van der Waals surface area contributed by atoms with Crippen molar-refractivity contribution in [3.05, 3.63) is 0 Å². The smallest absolute Gasteiger partial charge is 0.407 e. The highest BCUT2D eigenvalue weighted by Gasteiger charge is 2.18. The van der Waals surface area contributed by atoms with Crippen molar-refractivity contribution in [3.63, 3.8) is 0 Å². The molecule has 0 fully saturated rings. The van der Waals surface area contributed by atoms with Crippen molar-refractivity contribution in [1.82, 2.24) is 5.32 Å². The van der Waals surface area contributed by atoms with Gasteiger partial charge in [-0.3, -0.25) is 0 Å². The summed E-state index contributed by atoms with van der Waals surface area (Å²) in [7, 11) is 0. The Kier molecular flexibility index (Phi) is 7.59.